The largest absolute Gasteiger partial charge is 0.453 e. The highest BCUT2D eigenvalue weighted by Crippen LogP contribution is 2.53. The van der Waals surface area contributed by atoms with Gasteiger partial charge in [0.05, 0.1) is 7.11 Å². The van der Waals surface area contributed by atoms with Crippen LogP contribution in [0.15, 0.2) is 0 Å². The van der Waals surface area contributed by atoms with Crippen molar-refractivity contribution in [1.82, 2.24) is 9.57 Å². The van der Waals surface area contributed by atoms with Gasteiger partial charge in [-0.25, -0.2) is 4.79 Å². The van der Waals surface area contributed by atoms with Crippen LogP contribution in [-0.4, -0.2) is 60.7 Å². The van der Waals surface area contributed by atoms with Crippen LogP contribution in [0.4, 0.5) is 4.79 Å². The molecule has 7 unspecified atom stereocenters. The minimum absolute atomic E-state index is 0.151. The minimum atomic E-state index is -0.151. The van der Waals surface area contributed by atoms with E-state index in [0.29, 0.717) is 41.7 Å². The highest BCUT2D eigenvalue weighted by molar-refractivity contribution is 7.35. The normalized spacial score (nSPS) is 45.8. The van der Waals surface area contributed by atoms with Crippen LogP contribution in [0.2, 0.25) is 0 Å². The summed E-state index contributed by atoms with van der Waals surface area (Å²) in [5.41, 5.74) is 6.39. The second-order valence-corrected chi connectivity index (χ2v) is 12.0. The molecule has 2 aliphatic heterocycles. The first-order chi connectivity index (χ1) is 13.7. The summed E-state index contributed by atoms with van der Waals surface area (Å²) in [6.45, 7) is 15.0. The summed E-state index contributed by atoms with van der Waals surface area (Å²) in [5.74, 6) is 3.09. The molecule has 1 aliphatic carbocycles. The van der Waals surface area contributed by atoms with Gasteiger partial charge in [0.1, 0.15) is 0 Å². The number of hydrogen-bond donors (Lipinski definition) is 1. The summed E-state index contributed by atoms with van der Waals surface area (Å²) >= 11 is 0. The zero-order valence-corrected chi connectivity index (χ0v) is 20.5. The van der Waals surface area contributed by atoms with E-state index in [1.165, 1.54) is 32.9 Å². The predicted octanol–water partition coefficient (Wildman–Crippen LogP) is 4.41. The van der Waals surface area contributed by atoms with Crippen molar-refractivity contribution >= 4 is 14.8 Å². The van der Waals surface area contributed by atoms with Gasteiger partial charge in [-0.05, 0) is 75.6 Å². The molecule has 2 saturated heterocycles. The van der Waals surface area contributed by atoms with Crippen LogP contribution < -0.4 is 5.73 Å². The van der Waals surface area contributed by atoms with E-state index in [9.17, 15) is 4.79 Å². The number of methoxy groups -OCH3 is 1. The van der Waals surface area contributed by atoms with E-state index < -0.39 is 0 Å². The second kappa shape index (κ2) is 9.40. The van der Waals surface area contributed by atoms with Crippen molar-refractivity contribution in [3.63, 3.8) is 0 Å². The molecule has 3 rings (SSSR count). The molecule has 7 atom stereocenters. The number of rotatable bonds is 1. The Kier molecular flexibility index (Phi) is 7.55. The molecule has 0 aromatic carbocycles. The van der Waals surface area contributed by atoms with E-state index in [2.05, 4.69) is 39.3 Å². The van der Waals surface area contributed by atoms with Crippen molar-refractivity contribution in [1.29, 1.82) is 0 Å². The molecule has 3 aliphatic rings. The van der Waals surface area contributed by atoms with Gasteiger partial charge in [-0.15, -0.1) is 0 Å². The highest BCUT2D eigenvalue weighted by Gasteiger charge is 2.50. The Hall–Kier alpha value is -0.380. The number of nitrogens with two attached hydrogens (primary N) is 1. The van der Waals surface area contributed by atoms with Crippen LogP contribution in [-0.2, 0) is 4.74 Å². The average molecular weight is 426 g/mol. The molecule has 1 amide bonds. The van der Waals surface area contributed by atoms with Gasteiger partial charge < -0.3 is 15.4 Å². The van der Waals surface area contributed by atoms with Crippen LogP contribution in [0.5, 0.6) is 0 Å². The second-order valence-electron chi connectivity index (χ2n) is 10.7. The molecule has 3 fully saturated rings. The zero-order valence-electron chi connectivity index (χ0n) is 19.5. The monoisotopic (exact) mass is 425 g/mol. The van der Waals surface area contributed by atoms with Crippen LogP contribution in [0.1, 0.15) is 60.3 Å². The molecule has 6 heteroatoms. The zero-order chi connectivity index (χ0) is 21.3. The van der Waals surface area contributed by atoms with E-state index in [0.717, 1.165) is 34.4 Å². The SMILES string of the molecule is COC(=O)N1CC(C)CC2(C1)C(C)CC(C)C(N1CCC(N)CP1)C(C)CC2C. The third kappa shape index (κ3) is 4.77. The van der Waals surface area contributed by atoms with Gasteiger partial charge in [-0.3, -0.25) is 4.67 Å². The Bertz CT molecular complexity index is 548. The lowest BCUT2D eigenvalue weighted by Crippen LogP contribution is -2.57. The molecule has 0 bridgehead atoms. The van der Waals surface area contributed by atoms with Gasteiger partial charge in [-0.1, -0.05) is 34.6 Å². The number of amides is 1. The molecule has 1 saturated carbocycles. The fraction of sp³-hybridized carbons (Fsp3) is 0.957. The van der Waals surface area contributed by atoms with Gasteiger partial charge >= 0.3 is 6.09 Å². The maximum atomic E-state index is 12.4. The summed E-state index contributed by atoms with van der Waals surface area (Å²) < 4.78 is 7.89. The number of ether oxygens (including phenoxy) is 1. The fourth-order valence-corrected chi connectivity index (χ4v) is 8.74. The summed E-state index contributed by atoms with van der Waals surface area (Å²) in [6, 6.07) is 1.07. The Morgan fingerprint density at radius 2 is 1.72 bits per heavy atom. The Balaban J connectivity index is 1.82. The standard InChI is InChI=1S/C23H44N3O2P/c1-15-11-23(14-25(12-15)22(27)28-6)18(4)9-16(2)21(17(3)10-19(23)5)26-8-7-20(24)13-29-26/h15-21,29H,7-14,24H2,1-6H3. The van der Waals surface area contributed by atoms with E-state index in [1.54, 1.807) is 0 Å². The van der Waals surface area contributed by atoms with Crippen LogP contribution in [0.25, 0.3) is 0 Å². The van der Waals surface area contributed by atoms with Gasteiger partial charge in [0, 0.05) is 31.7 Å². The number of piperidine rings is 1. The molecule has 0 aromatic rings. The lowest BCUT2D eigenvalue weighted by molar-refractivity contribution is -0.0554. The molecule has 0 aromatic heterocycles. The highest BCUT2D eigenvalue weighted by atomic mass is 31.1. The van der Waals surface area contributed by atoms with Crippen molar-refractivity contribution in [2.75, 3.05) is 32.9 Å². The molecule has 0 radical (unpaired) electrons. The third-order valence-corrected chi connectivity index (χ3v) is 10.1. The number of carbonyl (C=O) groups excluding carboxylic acids is 1. The molecular formula is C23H44N3O2P. The first-order valence-electron chi connectivity index (χ1n) is 11.8. The summed E-state index contributed by atoms with van der Waals surface area (Å²) in [5, 5.41) is 0. The van der Waals surface area contributed by atoms with Crippen molar-refractivity contribution in [3.8, 4) is 0 Å². The van der Waals surface area contributed by atoms with E-state index >= 15 is 0 Å². The maximum absolute atomic E-state index is 12.4. The average Bonchev–Trinajstić information content (AvgIpc) is 2.67. The van der Waals surface area contributed by atoms with Crippen LogP contribution in [0, 0.1) is 35.0 Å². The molecule has 1 spiro atoms. The first kappa shape index (κ1) is 23.3. The van der Waals surface area contributed by atoms with E-state index in [1.807, 2.05) is 4.90 Å². The Morgan fingerprint density at radius 3 is 2.24 bits per heavy atom. The number of likely N-dealkylation sites (tertiary alicyclic amines) is 1. The maximum Gasteiger partial charge on any atom is 0.409 e. The van der Waals surface area contributed by atoms with Crippen LogP contribution >= 0.6 is 8.73 Å². The lowest BCUT2D eigenvalue weighted by Gasteiger charge is -2.56. The molecule has 168 valence electrons. The Labute approximate surface area is 180 Å². The molecule has 5 nitrogen and oxygen atoms in total. The topological polar surface area (TPSA) is 58.8 Å². The van der Waals surface area contributed by atoms with Crippen molar-refractivity contribution in [2.24, 2.45) is 40.7 Å². The van der Waals surface area contributed by atoms with E-state index in [4.69, 9.17) is 10.5 Å². The predicted molar refractivity (Wildman–Crippen MR) is 122 cm³/mol. The number of carbonyl (C=O) groups is 1. The molecular weight excluding hydrogens is 381 g/mol. The smallest absolute Gasteiger partial charge is 0.409 e. The van der Waals surface area contributed by atoms with Crippen molar-refractivity contribution in [2.45, 2.75) is 72.4 Å². The van der Waals surface area contributed by atoms with E-state index in [-0.39, 0.29) is 11.5 Å². The third-order valence-electron chi connectivity index (χ3n) is 8.42. The lowest BCUT2D eigenvalue weighted by atomic mass is 9.56. The molecule has 2 heterocycles. The first-order valence-corrected chi connectivity index (χ1v) is 12.9. The van der Waals surface area contributed by atoms with Gasteiger partial charge in [-0.2, -0.15) is 0 Å². The minimum Gasteiger partial charge on any atom is -0.453 e. The molecule has 2 N–H and O–H groups in total. The summed E-state index contributed by atoms with van der Waals surface area (Å²) in [4.78, 5) is 14.4. The van der Waals surface area contributed by atoms with Gasteiger partial charge in [0.25, 0.3) is 0 Å². The van der Waals surface area contributed by atoms with Gasteiger partial charge in [0.2, 0.25) is 0 Å². The van der Waals surface area contributed by atoms with Crippen molar-refractivity contribution in [3.05, 3.63) is 0 Å². The summed E-state index contributed by atoms with van der Waals surface area (Å²) in [7, 11) is 2.39. The number of nitrogens with zero attached hydrogens (tertiary/aromatic N) is 2. The van der Waals surface area contributed by atoms with Crippen LogP contribution in [0.3, 0.4) is 0 Å². The quantitative estimate of drug-likeness (QED) is 0.632. The fourth-order valence-electron chi connectivity index (χ4n) is 7.06. The summed E-state index contributed by atoms with van der Waals surface area (Å²) in [6.07, 6.45) is 5.87. The van der Waals surface area contributed by atoms with Gasteiger partial charge in [0.15, 0.2) is 0 Å². The molecule has 29 heavy (non-hydrogen) atoms. The number of hydrogen-bond acceptors (Lipinski definition) is 4. The Morgan fingerprint density at radius 1 is 1.10 bits per heavy atom. The van der Waals surface area contributed by atoms with Crippen molar-refractivity contribution < 1.29 is 9.53 Å².